The molecule has 2 fully saturated rings. The van der Waals surface area contributed by atoms with E-state index in [1.165, 1.54) is 12.8 Å². The van der Waals surface area contributed by atoms with E-state index < -0.39 is 0 Å². The molecule has 0 aromatic heterocycles. The molecule has 1 aliphatic carbocycles. The molecule has 0 aromatic carbocycles. The van der Waals surface area contributed by atoms with E-state index >= 15 is 0 Å². The van der Waals surface area contributed by atoms with Crippen molar-refractivity contribution >= 4 is 5.97 Å². The Balaban J connectivity index is 1.75. The van der Waals surface area contributed by atoms with Crippen molar-refractivity contribution in [2.45, 2.75) is 58.1 Å². The molecule has 86 valence electrons. The number of hydrogen-bond acceptors (Lipinski definition) is 3. The van der Waals surface area contributed by atoms with E-state index in [4.69, 9.17) is 4.74 Å². The Kier molecular flexibility index (Phi) is 2.53. The van der Waals surface area contributed by atoms with Gasteiger partial charge in [0.2, 0.25) is 0 Å². The molecule has 3 nitrogen and oxygen atoms in total. The maximum atomic E-state index is 11.6. The van der Waals surface area contributed by atoms with E-state index in [0.29, 0.717) is 17.9 Å². The second-order valence-electron chi connectivity index (χ2n) is 6.07. The average Bonchev–Trinajstić information content (AvgIpc) is 2.65. The largest absolute Gasteiger partial charge is 0.460 e. The lowest BCUT2D eigenvalue weighted by molar-refractivity contribution is -0.155. The van der Waals surface area contributed by atoms with Crippen molar-refractivity contribution < 1.29 is 9.53 Å². The lowest BCUT2D eigenvalue weighted by Gasteiger charge is -2.20. The van der Waals surface area contributed by atoms with Gasteiger partial charge < -0.3 is 10.1 Å². The van der Waals surface area contributed by atoms with Gasteiger partial charge in [-0.3, -0.25) is 4.79 Å². The predicted molar refractivity (Wildman–Crippen MR) is 58.5 cm³/mol. The minimum absolute atomic E-state index is 0.0716. The van der Waals surface area contributed by atoms with Gasteiger partial charge in [-0.25, -0.2) is 0 Å². The first-order chi connectivity index (χ1) is 6.89. The summed E-state index contributed by atoms with van der Waals surface area (Å²) in [6.45, 7) is 6.83. The number of carbonyl (C=O) groups excluding carboxylic acids is 1. The molecular formula is C12H21NO2. The molecule has 1 N–H and O–H groups in total. The predicted octanol–water partition coefficient (Wildman–Crippen LogP) is 1.86. The summed E-state index contributed by atoms with van der Waals surface area (Å²) in [5.41, 5.74) is 0.208. The molecule has 1 heterocycles. The van der Waals surface area contributed by atoms with Crippen LogP contribution in [0, 0.1) is 5.41 Å². The van der Waals surface area contributed by atoms with E-state index in [2.05, 4.69) is 5.32 Å². The van der Waals surface area contributed by atoms with Crippen LogP contribution in [0.1, 0.15) is 46.5 Å². The van der Waals surface area contributed by atoms with Crippen molar-refractivity contribution in [2.24, 2.45) is 5.41 Å². The fourth-order valence-electron chi connectivity index (χ4n) is 2.31. The van der Waals surface area contributed by atoms with Gasteiger partial charge in [-0.1, -0.05) is 0 Å². The van der Waals surface area contributed by atoms with Crippen LogP contribution in [0.2, 0.25) is 0 Å². The first kappa shape index (κ1) is 10.9. The molecule has 1 aliphatic heterocycles. The highest BCUT2D eigenvalue weighted by Gasteiger charge is 2.48. The molecule has 15 heavy (non-hydrogen) atoms. The maximum absolute atomic E-state index is 11.6. The summed E-state index contributed by atoms with van der Waals surface area (Å²) >= 11 is 0. The Morgan fingerprint density at radius 1 is 1.47 bits per heavy atom. The normalized spacial score (nSPS) is 28.1. The molecule has 2 rings (SSSR count). The zero-order chi connectivity index (χ0) is 11.1. The zero-order valence-electron chi connectivity index (χ0n) is 9.93. The summed E-state index contributed by atoms with van der Waals surface area (Å²) < 4.78 is 5.31. The second kappa shape index (κ2) is 3.48. The molecule has 0 radical (unpaired) electrons. The topological polar surface area (TPSA) is 38.3 Å². The maximum Gasteiger partial charge on any atom is 0.307 e. The molecular weight excluding hydrogens is 190 g/mol. The van der Waals surface area contributed by atoms with Crippen LogP contribution in [0.4, 0.5) is 0 Å². The second-order valence-corrected chi connectivity index (χ2v) is 6.07. The van der Waals surface area contributed by atoms with Crippen LogP contribution in [0.15, 0.2) is 0 Å². The zero-order valence-corrected chi connectivity index (χ0v) is 9.93. The summed E-state index contributed by atoms with van der Waals surface area (Å²) in [5, 5.41) is 3.43. The van der Waals surface area contributed by atoms with E-state index in [1.807, 2.05) is 20.8 Å². The van der Waals surface area contributed by atoms with E-state index in [0.717, 1.165) is 13.0 Å². The van der Waals surface area contributed by atoms with Crippen LogP contribution in [0.25, 0.3) is 0 Å². The van der Waals surface area contributed by atoms with Gasteiger partial charge in [0.25, 0.3) is 0 Å². The van der Waals surface area contributed by atoms with Crippen LogP contribution in [0.5, 0.6) is 0 Å². The number of carbonyl (C=O) groups is 1. The van der Waals surface area contributed by atoms with Crippen LogP contribution >= 0.6 is 0 Å². The van der Waals surface area contributed by atoms with Gasteiger partial charge in [-0.15, -0.1) is 0 Å². The minimum Gasteiger partial charge on any atom is -0.460 e. The molecule has 1 saturated heterocycles. The van der Waals surface area contributed by atoms with Gasteiger partial charge in [-0.05, 0) is 45.4 Å². The molecule has 3 heteroatoms. The third-order valence-corrected chi connectivity index (χ3v) is 3.24. The van der Waals surface area contributed by atoms with Crippen LogP contribution in [-0.4, -0.2) is 24.2 Å². The summed E-state index contributed by atoms with van der Waals surface area (Å²) in [7, 11) is 0. The summed E-state index contributed by atoms with van der Waals surface area (Å²) in [6, 6.07) is 0.349. The first-order valence-corrected chi connectivity index (χ1v) is 5.84. The molecule has 0 unspecified atom stereocenters. The molecule has 0 amide bonds. The number of nitrogens with one attached hydrogen (secondary N) is 1. The lowest BCUT2D eigenvalue weighted by atomic mass is 10.0. The summed E-state index contributed by atoms with van der Waals surface area (Å²) in [4.78, 5) is 11.6. The SMILES string of the molecule is CC(C)(C)OC(=O)C[C@@H]1CC2(CC2)CN1. The van der Waals surface area contributed by atoms with Gasteiger partial charge in [0.1, 0.15) is 5.60 Å². The third kappa shape index (κ3) is 2.94. The smallest absolute Gasteiger partial charge is 0.307 e. The fraction of sp³-hybridized carbons (Fsp3) is 0.917. The first-order valence-electron chi connectivity index (χ1n) is 5.84. The van der Waals surface area contributed by atoms with Crippen LogP contribution in [-0.2, 0) is 9.53 Å². The van der Waals surface area contributed by atoms with Gasteiger partial charge in [0.05, 0.1) is 6.42 Å². The molecule has 0 aromatic rings. The Morgan fingerprint density at radius 3 is 2.60 bits per heavy atom. The molecule has 1 spiro atoms. The van der Waals surface area contributed by atoms with Crippen molar-refractivity contribution in [1.82, 2.24) is 5.32 Å². The van der Waals surface area contributed by atoms with E-state index in [1.54, 1.807) is 0 Å². The van der Waals surface area contributed by atoms with Crippen LogP contribution in [0.3, 0.4) is 0 Å². The van der Waals surface area contributed by atoms with Crippen molar-refractivity contribution in [3.8, 4) is 0 Å². The van der Waals surface area contributed by atoms with Gasteiger partial charge in [0.15, 0.2) is 0 Å². The summed E-state index contributed by atoms with van der Waals surface area (Å²) in [5.74, 6) is -0.0716. The van der Waals surface area contributed by atoms with E-state index in [-0.39, 0.29) is 11.6 Å². The van der Waals surface area contributed by atoms with Crippen molar-refractivity contribution in [2.75, 3.05) is 6.54 Å². The van der Waals surface area contributed by atoms with Crippen molar-refractivity contribution in [3.05, 3.63) is 0 Å². The Labute approximate surface area is 91.6 Å². The fourth-order valence-corrected chi connectivity index (χ4v) is 2.31. The van der Waals surface area contributed by atoms with Crippen molar-refractivity contribution in [1.29, 1.82) is 0 Å². The standard InChI is InChI=1S/C12H21NO2/c1-11(2,3)15-10(14)6-9-7-12(4-5-12)8-13-9/h9,13H,4-8H2,1-3H3/t9-/m1/s1. The van der Waals surface area contributed by atoms with E-state index in [9.17, 15) is 4.79 Å². The average molecular weight is 211 g/mol. The molecule has 1 saturated carbocycles. The van der Waals surface area contributed by atoms with Crippen molar-refractivity contribution in [3.63, 3.8) is 0 Å². The molecule has 0 bridgehead atoms. The quantitative estimate of drug-likeness (QED) is 0.708. The molecule has 1 atom stereocenters. The number of esters is 1. The monoisotopic (exact) mass is 211 g/mol. The Bertz CT molecular complexity index is 263. The van der Waals surface area contributed by atoms with Gasteiger partial charge >= 0.3 is 5.97 Å². The molecule has 2 aliphatic rings. The number of rotatable bonds is 2. The highest BCUT2D eigenvalue weighted by Crippen LogP contribution is 2.52. The third-order valence-electron chi connectivity index (χ3n) is 3.24. The summed E-state index contributed by atoms with van der Waals surface area (Å²) in [6.07, 6.45) is 4.36. The minimum atomic E-state index is -0.354. The van der Waals surface area contributed by atoms with Gasteiger partial charge in [0, 0.05) is 12.6 Å². The van der Waals surface area contributed by atoms with Crippen LogP contribution < -0.4 is 5.32 Å². The Hall–Kier alpha value is -0.570. The highest BCUT2D eigenvalue weighted by atomic mass is 16.6. The lowest BCUT2D eigenvalue weighted by Crippen LogP contribution is -2.30. The Morgan fingerprint density at radius 2 is 2.13 bits per heavy atom. The highest BCUT2D eigenvalue weighted by molar-refractivity contribution is 5.70. The number of hydrogen-bond donors (Lipinski definition) is 1. The van der Waals surface area contributed by atoms with Gasteiger partial charge in [-0.2, -0.15) is 0 Å². The number of ether oxygens (including phenoxy) is 1.